The van der Waals surface area contributed by atoms with Gasteiger partial charge in [0.2, 0.25) is 0 Å². The van der Waals surface area contributed by atoms with Crippen molar-refractivity contribution < 1.29 is 4.84 Å². The van der Waals surface area contributed by atoms with E-state index in [0.29, 0.717) is 18.4 Å². The molecule has 0 aromatic carbocycles. The second-order valence-corrected chi connectivity index (χ2v) is 1.64. The first-order chi connectivity index (χ1) is 4.31. The molecule has 0 aromatic heterocycles. The van der Waals surface area contributed by atoms with Gasteiger partial charge in [-0.3, -0.25) is 5.23 Å². The Hall–Kier alpha value is -0.380. The van der Waals surface area contributed by atoms with Crippen molar-refractivity contribution in [3.05, 3.63) is 17.9 Å². The van der Waals surface area contributed by atoms with Crippen LogP contribution < -0.4 is 0 Å². The summed E-state index contributed by atoms with van der Waals surface area (Å²) in [6.07, 6.45) is 2.35. The van der Waals surface area contributed by atoms with Crippen molar-refractivity contribution in [2.75, 3.05) is 13.2 Å². The van der Waals surface area contributed by atoms with Crippen LogP contribution in [0.15, 0.2) is 12.7 Å². The van der Waals surface area contributed by atoms with Crippen molar-refractivity contribution in [2.24, 2.45) is 0 Å². The molecule has 54 valence electrons. The molecule has 0 fully saturated rings. The predicted molar refractivity (Wildman–Crippen MR) is 36.5 cm³/mol. The number of hydrogen-bond donors (Lipinski definition) is 0. The van der Waals surface area contributed by atoms with Gasteiger partial charge in [0.25, 0.3) is 0 Å². The summed E-state index contributed by atoms with van der Waals surface area (Å²) in [6, 6.07) is 0. The Morgan fingerprint density at radius 1 is 1.78 bits per heavy atom. The lowest BCUT2D eigenvalue weighted by molar-refractivity contribution is -0.107. The fourth-order valence-corrected chi connectivity index (χ4v) is 0.383. The molecule has 0 spiro atoms. The Bertz CT molecular complexity index is 75.5. The van der Waals surface area contributed by atoms with Gasteiger partial charge in [-0.1, -0.05) is 13.0 Å². The molecule has 0 radical (unpaired) electrons. The van der Waals surface area contributed by atoms with E-state index in [-0.39, 0.29) is 0 Å². The summed E-state index contributed by atoms with van der Waals surface area (Å²) in [6.45, 7) is 6.04. The Balaban J connectivity index is 3.04. The van der Waals surface area contributed by atoms with Crippen LogP contribution in [0.5, 0.6) is 0 Å². The zero-order valence-corrected chi connectivity index (χ0v) is 5.67. The smallest absolute Gasteiger partial charge is 0.0852 e. The van der Waals surface area contributed by atoms with E-state index in [1.807, 2.05) is 6.92 Å². The zero-order valence-electron chi connectivity index (χ0n) is 5.67. The largest absolute Gasteiger partial charge is 0.762 e. The van der Waals surface area contributed by atoms with Gasteiger partial charge in [0.1, 0.15) is 0 Å². The molecule has 0 saturated heterocycles. The first kappa shape index (κ1) is 8.62. The molecule has 0 saturated carbocycles. The van der Waals surface area contributed by atoms with E-state index in [1.165, 1.54) is 0 Å². The van der Waals surface area contributed by atoms with Crippen molar-refractivity contribution in [3.63, 3.8) is 0 Å². The molecule has 3 heteroatoms. The van der Waals surface area contributed by atoms with E-state index in [0.717, 1.165) is 6.42 Å². The Morgan fingerprint density at radius 3 is 2.89 bits per heavy atom. The third-order valence-corrected chi connectivity index (χ3v) is 0.743. The van der Waals surface area contributed by atoms with E-state index in [4.69, 9.17) is 0 Å². The lowest BCUT2D eigenvalue weighted by atomic mass is 10.5. The Labute approximate surface area is 55.5 Å². The monoisotopic (exact) mass is 130 g/mol. The van der Waals surface area contributed by atoms with E-state index in [9.17, 15) is 5.21 Å². The second-order valence-electron chi connectivity index (χ2n) is 1.64. The van der Waals surface area contributed by atoms with Gasteiger partial charge in [0.15, 0.2) is 0 Å². The van der Waals surface area contributed by atoms with E-state index in [2.05, 4.69) is 11.4 Å². The molecule has 0 aliphatic heterocycles. The summed E-state index contributed by atoms with van der Waals surface area (Å²) >= 11 is 0. The van der Waals surface area contributed by atoms with Gasteiger partial charge < -0.3 is 10.0 Å². The molecule has 0 rings (SSSR count). The maximum Gasteiger partial charge on any atom is 0.0852 e. The van der Waals surface area contributed by atoms with Crippen molar-refractivity contribution in [3.8, 4) is 0 Å². The zero-order chi connectivity index (χ0) is 7.11. The molecule has 0 aliphatic carbocycles. The van der Waals surface area contributed by atoms with Crippen molar-refractivity contribution in [2.45, 2.75) is 13.3 Å². The highest BCUT2D eigenvalue weighted by Crippen LogP contribution is 1.88. The number of rotatable bonds is 5. The molecule has 0 bridgehead atoms. The summed E-state index contributed by atoms with van der Waals surface area (Å²) in [4.78, 5) is 4.59. The lowest BCUT2D eigenvalue weighted by Crippen LogP contribution is -2.17. The van der Waals surface area contributed by atoms with E-state index in [1.54, 1.807) is 6.08 Å². The van der Waals surface area contributed by atoms with Gasteiger partial charge in [0, 0.05) is 6.54 Å². The molecule has 9 heavy (non-hydrogen) atoms. The van der Waals surface area contributed by atoms with Crippen LogP contribution in [0.4, 0.5) is 0 Å². The van der Waals surface area contributed by atoms with Crippen LogP contribution in [0.25, 0.3) is 0 Å². The van der Waals surface area contributed by atoms with Crippen LogP contribution in [-0.4, -0.2) is 18.4 Å². The fourth-order valence-electron chi connectivity index (χ4n) is 0.383. The topological polar surface area (TPSA) is 35.5 Å². The van der Waals surface area contributed by atoms with E-state index < -0.39 is 0 Å². The predicted octanol–water partition coefficient (Wildman–Crippen LogP) is 1.31. The minimum absolute atomic E-state index is 0.295. The van der Waals surface area contributed by atoms with Crippen LogP contribution in [0.3, 0.4) is 0 Å². The molecule has 0 unspecified atom stereocenters. The molecule has 0 aliphatic rings. The summed E-state index contributed by atoms with van der Waals surface area (Å²) in [5.74, 6) is 0. The highest BCUT2D eigenvalue weighted by Gasteiger charge is 1.84. The molecular weight excluding hydrogens is 118 g/mol. The van der Waals surface area contributed by atoms with Crippen molar-refractivity contribution in [1.29, 1.82) is 0 Å². The third kappa shape index (κ3) is 5.49. The van der Waals surface area contributed by atoms with Gasteiger partial charge in [-0.25, -0.2) is 0 Å². The second kappa shape index (κ2) is 5.75. The van der Waals surface area contributed by atoms with Gasteiger partial charge >= 0.3 is 0 Å². The number of nitrogens with zero attached hydrogens (tertiary/aromatic N) is 1. The summed E-state index contributed by atoms with van der Waals surface area (Å²) < 4.78 is 0. The van der Waals surface area contributed by atoms with Crippen molar-refractivity contribution in [1.82, 2.24) is 5.23 Å². The maximum absolute atomic E-state index is 10.4. The van der Waals surface area contributed by atoms with E-state index >= 15 is 0 Å². The molecule has 3 nitrogen and oxygen atoms in total. The normalized spacial score (nSPS) is 10.1. The Kier molecular flexibility index (Phi) is 5.51. The van der Waals surface area contributed by atoms with Crippen LogP contribution in [0.2, 0.25) is 0 Å². The first-order valence-electron chi connectivity index (χ1n) is 2.99. The first-order valence-corrected chi connectivity index (χ1v) is 2.99. The summed E-state index contributed by atoms with van der Waals surface area (Å²) in [5, 5.41) is 11.0. The minimum atomic E-state index is 0.295. The fraction of sp³-hybridized carbons (Fsp3) is 0.667. The molecule has 0 aromatic rings. The molecule has 0 atom stereocenters. The summed E-state index contributed by atoms with van der Waals surface area (Å²) in [5.41, 5.74) is 0. The van der Waals surface area contributed by atoms with Gasteiger partial charge in [0.05, 0.1) is 6.61 Å². The van der Waals surface area contributed by atoms with Crippen LogP contribution in [0, 0.1) is 5.21 Å². The third-order valence-electron chi connectivity index (χ3n) is 0.743. The minimum Gasteiger partial charge on any atom is -0.762 e. The van der Waals surface area contributed by atoms with Gasteiger partial charge in [-0.05, 0) is 6.42 Å². The van der Waals surface area contributed by atoms with Crippen LogP contribution in [-0.2, 0) is 4.84 Å². The maximum atomic E-state index is 10.4. The Morgan fingerprint density at radius 2 is 2.44 bits per heavy atom. The van der Waals surface area contributed by atoms with Crippen molar-refractivity contribution >= 4 is 0 Å². The molecular formula is C6H12NO2-. The van der Waals surface area contributed by atoms with Crippen LogP contribution in [0.1, 0.15) is 13.3 Å². The molecule has 0 amide bonds. The highest BCUT2D eigenvalue weighted by molar-refractivity contribution is 4.63. The number of hydrogen-bond acceptors (Lipinski definition) is 3. The average Bonchev–Trinajstić information content (AvgIpc) is 1.85. The molecule has 0 heterocycles. The van der Waals surface area contributed by atoms with Gasteiger partial charge in [-0.15, -0.1) is 6.58 Å². The average molecular weight is 130 g/mol. The van der Waals surface area contributed by atoms with Gasteiger partial charge in [-0.2, -0.15) is 0 Å². The lowest BCUT2D eigenvalue weighted by Gasteiger charge is -2.25. The standard InChI is InChI=1S/C6H12NO2/c1-3-5-7(8)9-6-4-2/h4H,2-3,5-6H2,1H3/q-1. The quantitative estimate of drug-likeness (QED) is 0.416. The van der Waals surface area contributed by atoms with Crippen LogP contribution >= 0.6 is 0 Å². The highest BCUT2D eigenvalue weighted by atomic mass is 16.9. The number of hydroxylamine groups is 2. The SMILES string of the molecule is C=CCON([O-])CCC. The molecule has 0 N–H and O–H groups in total. The summed E-state index contributed by atoms with van der Waals surface area (Å²) in [7, 11) is 0.